The van der Waals surface area contributed by atoms with Gasteiger partial charge in [0.15, 0.2) is 0 Å². The molecule has 0 aromatic heterocycles. The van der Waals surface area contributed by atoms with Crippen molar-refractivity contribution in [2.45, 2.75) is 32.2 Å². The minimum absolute atomic E-state index is 0.00344. The van der Waals surface area contributed by atoms with Gasteiger partial charge in [-0.05, 0) is 11.0 Å². The fourth-order valence-corrected chi connectivity index (χ4v) is 1.76. The van der Waals surface area contributed by atoms with Gasteiger partial charge in [0.25, 0.3) is 0 Å². The first-order valence-electron chi connectivity index (χ1n) is 5.45. The van der Waals surface area contributed by atoms with Crippen molar-refractivity contribution in [2.75, 3.05) is 13.7 Å². The van der Waals surface area contributed by atoms with E-state index in [0.717, 1.165) is 16.9 Å². The highest BCUT2D eigenvalue weighted by molar-refractivity contribution is 5.46. The molecule has 3 nitrogen and oxygen atoms in total. The van der Waals surface area contributed by atoms with E-state index in [9.17, 15) is 0 Å². The second kappa shape index (κ2) is 4.85. The van der Waals surface area contributed by atoms with Crippen LogP contribution in [0.25, 0.3) is 0 Å². The summed E-state index contributed by atoms with van der Waals surface area (Å²) < 4.78 is 5.43. The zero-order valence-corrected chi connectivity index (χ0v) is 10.4. The van der Waals surface area contributed by atoms with E-state index < -0.39 is 6.04 Å². The summed E-state index contributed by atoms with van der Waals surface area (Å²) in [4.78, 5) is 0. The summed E-state index contributed by atoms with van der Waals surface area (Å²) in [7, 11) is 1.64. The summed E-state index contributed by atoms with van der Waals surface area (Å²) in [6.45, 7) is 6.29. The standard InChI is InChI=1S/C13H21NO2/c1-13(2,3)10-7-5-6-9(11(14)8-15)12(10)16-4/h5-7,11,15H,8,14H2,1-4H3. The van der Waals surface area contributed by atoms with Crippen LogP contribution in [-0.2, 0) is 5.41 Å². The second-order valence-corrected chi connectivity index (χ2v) is 4.97. The van der Waals surface area contributed by atoms with Gasteiger partial charge in [0, 0.05) is 5.56 Å². The number of hydrogen-bond acceptors (Lipinski definition) is 3. The third-order valence-corrected chi connectivity index (χ3v) is 2.65. The van der Waals surface area contributed by atoms with E-state index in [2.05, 4.69) is 20.8 Å². The Kier molecular flexibility index (Phi) is 3.94. The van der Waals surface area contributed by atoms with Crippen LogP contribution in [0.3, 0.4) is 0 Å². The third kappa shape index (κ3) is 2.54. The Balaban J connectivity index is 3.32. The largest absolute Gasteiger partial charge is 0.496 e. The van der Waals surface area contributed by atoms with Crippen LogP contribution in [0, 0.1) is 0 Å². The van der Waals surface area contributed by atoms with Crippen LogP contribution in [-0.4, -0.2) is 18.8 Å². The van der Waals surface area contributed by atoms with Crippen LogP contribution in [0.15, 0.2) is 18.2 Å². The van der Waals surface area contributed by atoms with Crippen molar-refractivity contribution in [1.82, 2.24) is 0 Å². The predicted octanol–water partition coefficient (Wildman–Crippen LogP) is 1.98. The molecule has 3 heteroatoms. The Morgan fingerprint density at radius 3 is 2.44 bits per heavy atom. The maximum Gasteiger partial charge on any atom is 0.127 e. The monoisotopic (exact) mass is 223 g/mol. The van der Waals surface area contributed by atoms with Gasteiger partial charge < -0.3 is 15.6 Å². The highest BCUT2D eigenvalue weighted by Gasteiger charge is 2.22. The van der Waals surface area contributed by atoms with Crippen LogP contribution in [0.1, 0.15) is 37.9 Å². The SMILES string of the molecule is COc1c(C(N)CO)cccc1C(C)(C)C. The van der Waals surface area contributed by atoms with Gasteiger partial charge in [-0.15, -0.1) is 0 Å². The lowest BCUT2D eigenvalue weighted by molar-refractivity contribution is 0.264. The number of para-hydroxylation sites is 1. The molecule has 1 aromatic rings. The number of ether oxygens (including phenoxy) is 1. The first-order chi connectivity index (χ1) is 7.41. The first-order valence-corrected chi connectivity index (χ1v) is 5.45. The lowest BCUT2D eigenvalue weighted by atomic mass is 9.84. The van der Waals surface area contributed by atoms with E-state index in [1.807, 2.05) is 18.2 Å². The van der Waals surface area contributed by atoms with Crippen molar-refractivity contribution in [3.63, 3.8) is 0 Å². The molecule has 16 heavy (non-hydrogen) atoms. The summed E-state index contributed by atoms with van der Waals surface area (Å²) in [5, 5.41) is 9.12. The summed E-state index contributed by atoms with van der Waals surface area (Å²) >= 11 is 0. The Bertz CT molecular complexity index is 355. The van der Waals surface area contributed by atoms with Gasteiger partial charge >= 0.3 is 0 Å². The van der Waals surface area contributed by atoms with E-state index >= 15 is 0 Å². The number of aliphatic hydroxyl groups excluding tert-OH is 1. The molecule has 0 aliphatic rings. The van der Waals surface area contributed by atoms with Gasteiger partial charge in [0.05, 0.1) is 19.8 Å². The summed E-state index contributed by atoms with van der Waals surface area (Å²) in [5.41, 5.74) is 7.82. The zero-order valence-electron chi connectivity index (χ0n) is 10.4. The van der Waals surface area contributed by atoms with Crippen molar-refractivity contribution < 1.29 is 9.84 Å². The molecule has 1 aromatic carbocycles. The van der Waals surface area contributed by atoms with Gasteiger partial charge in [0.1, 0.15) is 5.75 Å². The van der Waals surface area contributed by atoms with Gasteiger partial charge in [-0.2, -0.15) is 0 Å². The van der Waals surface area contributed by atoms with Gasteiger partial charge in [-0.25, -0.2) is 0 Å². The molecule has 90 valence electrons. The number of nitrogens with two attached hydrogens (primary N) is 1. The van der Waals surface area contributed by atoms with Crippen molar-refractivity contribution in [3.8, 4) is 5.75 Å². The molecule has 1 atom stereocenters. The predicted molar refractivity (Wildman–Crippen MR) is 65.7 cm³/mol. The minimum atomic E-state index is -0.391. The van der Waals surface area contributed by atoms with Gasteiger partial charge in [-0.1, -0.05) is 39.0 Å². The fraction of sp³-hybridized carbons (Fsp3) is 0.538. The molecule has 0 heterocycles. The second-order valence-electron chi connectivity index (χ2n) is 4.97. The molecule has 0 bridgehead atoms. The van der Waals surface area contributed by atoms with E-state index in [0.29, 0.717) is 0 Å². The molecule has 0 spiro atoms. The molecule has 0 fully saturated rings. The zero-order chi connectivity index (χ0) is 12.3. The van der Waals surface area contributed by atoms with Crippen molar-refractivity contribution in [1.29, 1.82) is 0 Å². The van der Waals surface area contributed by atoms with E-state index in [4.69, 9.17) is 15.6 Å². The Hall–Kier alpha value is -1.06. The quantitative estimate of drug-likeness (QED) is 0.824. The molecule has 1 unspecified atom stereocenters. The van der Waals surface area contributed by atoms with Crippen LogP contribution < -0.4 is 10.5 Å². The summed E-state index contributed by atoms with van der Waals surface area (Å²) in [6, 6.07) is 5.49. The average molecular weight is 223 g/mol. The van der Waals surface area contributed by atoms with E-state index in [1.54, 1.807) is 7.11 Å². The highest BCUT2D eigenvalue weighted by atomic mass is 16.5. The van der Waals surface area contributed by atoms with Crippen LogP contribution in [0.4, 0.5) is 0 Å². The van der Waals surface area contributed by atoms with Crippen LogP contribution in [0.2, 0.25) is 0 Å². The topological polar surface area (TPSA) is 55.5 Å². The minimum Gasteiger partial charge on any atom is -0.496 e. The lowest BCUT2D eigenvalue weighted by Crippen LogP contribution is -2.19. The number of aliphatic hydroxyl groups is 1. The van der Waals surface area contributed by atoms with E-state index in [-0.39, 0.29) is 12.0 Å². The number of benzene rings is 1. The summed E-state index contributed by atoms with van der Waals surface area (Å²) in [5.74, 6) is 0.788. The number of methoxy groups -OCH3 is 1. The molecular formula is C13H21NO2. The molecular weight excluding hydrogens is 202 g/mol. The maximum atomic E-state index is 9.12. The average Bonchev–Trinajstić information content (AvgIpc) is 2.25. The smallest absolute Gasteiger partial charge is 0.127 e. The molecule has 0 radical (unpaired) electrons. The third-order valence-electron chi connectivity index (χ3n) is 2.65. The van der Waals surface area contributed by atoms with Crippen LogP contribution in [0.5, 0.6) is 5.75 Å². The summed E-state index contributed by atoms with van der Waals surface area (Å²) in [6.07, 6.45) is 0. The molecule has 0 aliphatic heterocycles. The maximum absolute atomic E-state index is 9.12. The van der Waals surface area contributed by atoms with Crippen molar-refractivity contribution in [3.05, 3.63) is 29.3 Å². The van der Waals surface area contributed by atoms with Gasteiger partial charge in [0.2, 0.25) is 0 Å². The van der Waals surface area contributed by atoms with E-state index in [1.165, 1.54) is 0 Å². The Morgan fingerprint density at radius 2 is 2.00 bits per heavy atom. The molecule has 3 N–H and O–H groups in total. The normalized spacial score (nSPS) is 13.6. The first kappa shape index (κ1) is 13.0. The Labute approximate surface area is 97.2 Å². The van der Waals surface area contributed by atoms with Crippen LogP contribution >= 0.6 is 0 Å². The molecule has 0 saturated heterocycles. The molecule has 1 rings (SSSR count). The fourth-order valence-electron chi connectivity index (χ4n) is 1.76. The van der Waals surface area contributed by atoms with Gasteiger partial charge in [-0.3, -0.25) is 0 Å². The van der Waals surface area contributed by atoms with Crippen molar-refractivity contribution >= 4 is 0 Å². The molecule has 0 amide bonds. The molecule has 0 aliphatic carbocycles. The number of rotatable bonds is 3. The highest BCUT2D eigenvalue weighted by Crippen LogP contribution is 2.35. The lowest BCUT2D eigenvalue weighted by Gasteiger charge is -2.25. The number of hydrogen-bond donors (Lipinski definition) is 2. The Morgan fingerprint density at radius 1 is 1.38 bits per heavy atom. The molecule has 0 saturated carbocycles. The van der Waals surface area contributed by atoms with Crippen molar-refractivity contribution in [2.24, 2.45) is 5.73 Å².